The maximum atomic E-state index is 11.7. The van der Waals surface area contributed by atoms with Crippen molar-refractivity contribution in [3.8, 4) is 0 Å². The zero-order chi connectivity index (χ0) is 17.7. The summed E-state index contributed by atoms with van der Waals surface area (Å²) in [7, 11) is 0. The summed E-state index contributed by atoms with van der Waals surface area (Å²) >= 11 is 1.20. The zero-order valence-electron chi connectivity index (χ0n) is 12.6. The van der Waals surface area contributed by atoms with Crippen LogP contribution >= 0.6 is 11.8 Å². The first kappa shape index (κ1) is 17.7. The molecule has 1 heterocycles. The maximum Gasteiger partial charge on any atom is 0.307 e. The number of benzene rings is 1. The Morgan fingerprint density at radius 3 is 2.75 bits per heavy atom. The zero-order valence-corrected chi connectivity index (χ0v) is 13.4. The summed E-state index contributed by atoms with van der Waals surface area (Å²) in [6, 6.07) is 3.70. The van der Waals surface area contributed by atoms with E-state index in [1.807, 2.05) is 0 Å². The van der Waals surface area contributed by atoms with Crippen LogP contribution in [0.3, 0.4) is 0 Å². The highest BCUT2D eigenvalue weighted by Gasteiger charge is 2.22. The van der Waals surface area contributed by atoms with Crippen molar-refractivity contribution in [2.45, 2.75) is 13.0 Å². The second kappa shape index (κ2) is 7.77. The number of nitro groups is 1. The lowest BCUT2D eigenvalue weighted by Crippen LogP contribution is -2.26. The van der Waals surface area contributed by atoms with Gasteiger partial charge in [-0.25, -0.2) is 0 Å². The molecule has 10 heteroatoms. The number of rotatable bonds is 7. The number of thioether (sulfide) groups is 1. The Morgan fingerprint density at radius 1 is 1.42 bits per heavy atom. The fourth-order valence-electron chi connectivity index (χ4n) is 2.09. The quantitative estimate of drug-likeness (QED) is 0.443. The van der Waals surface area contributed by atoms with Crippen molar-refractivity contribution in [3.63, 3.8) is 0 Å². The Bertz CT molecular complexity index is 693. The number of nitrogens with two attached hydrogens (primary N) is 1. The van der Waals surface area contributed by atoms with Gasteiger partial charge >= 0.3 is 5.97 Å². The van der Waals surface area contributed by atoms with E-state index in [1.165, 1.54) is 23.9 Å². The minimum absolute atomic E-state index is 0.00169. The van der Waals surface area contributed by atoms with Gasteiger partial charge in [0.1, 0.15) is 6.61 Å². The van der Waals surface area contributed by atoms with Crippen LogP contribution in [0.4, 0.5) is 10.5 Å². The van der Waals surface area contributed by atoms with E-state index in [1.54, 1.807) is 4.90 Å². The lowest BCUT2D eigenvalue weighted by molar-refractivity contribution is -0.385. The molecule has 128 valence electrons. The van der Waals surface area contributed by atoms with E-state index in [0.717, 1.165) is 6.07 Å². The van der Waals surface area contributed by atoms with Crippen LogP contribution in [-0.2, 0) is 16.1 Å². The summed E-state index contributed by atoms with van der Waals surface area (Å²) in [4.78, 5) is 46.1. The molecule has 9 nitrogen and oxygen atoms in total. The average molecular weight is 353 g/mol. The molecule has 1 saturated heterocycles. The normalized spacial score (nSPS) is 13.8. The summed E-state index contributed by atoms with van der Waals surface area (Å²) in [5.74, 6) is -0.644. The molecule has 1 aromatic rings. The molecule has 0 spiro atoms. The fourth-order valence-corrected chi connectivity index (χ4v) is 2.95. The van der Waals surface area contributed by atoms with Crippen molar-refractivity contribution < 1.29 is 24.0 Å². The summed E-state index contributed by atoms with van der Waals surface area (Å²) in [6.07, 6.45) is 0.0134. The summed E-state index contributed by atoms with van der Waals surface area (Å²) in [5, 5.41) is 11.0. The van der Waals surface area contributed by atoms with Crippen LogP contribution < -0.4 is 5.73 Å². The van der Waals surface area contributed by atoms with E-state index in [9.17, 15) is 24.5 Å². The van der Waals surface area contributed by atoms with E-state index < -0.39 is 16.8 Å². The van der Waals surface area contributed by atoms with E-state index in [4.69, 9.17) is 10.5 Å². The highest BCUT2D eigenvalue weighted by atomic mass is 32.2. The van der Waals surface area contributed by atoms with Crippen LogP contribution in [0, 0.1) is 10.1 Å². The van der Waals surface area contributed by atoms with Crippen molar-refractivity contribution in [1.82, 2.24) is 4.90 Å². The van der Waals surface area contributed by atoms with Gasteiger partial charge in [-0.15, -0.1) is 0 Å². The fraction of sp³-hybridized carbons (Fsp3) is 0.357. The average Bonchev–Trinajstić information content (AvgIpc) is 2.95. The predicted octanol–water partition coefficient (Wildman–Crippen LogP) is 1.30. The first-order valence-corrected chi connectivity index (χ1v) is 8.01. The topological polar surface area (TPSA) is 133 Å². The number of carbonyl (C=O) groups is 3. The number of amides is 2. The molecule has 1 aliphatic heterocycles. The van der Waals surface area contributed by atoms with Crippen LogP contribution in [0.15, 0.2) is 18.2 Å². The van der Waals surface area contributed by atoms with E-state index in [0.29, 0.717) is 12.3 Å². The van der Waals surface area contributed by atoms with E-state index in [2.05, 4.69) is 0 Å². The number of carbonyl (C=O) groups excluding carboxylic acids is 3. The van der Waals surface area contributed by atoms with Gasteiger partial charge in [-0.05, 0) is 12.1 Å². The largest absolute Gasteiger partial charge is 0.460 e. The molecule has 0 aromatic heterocycles. The molecule has 2 rings (SSSR count). The van der Waals surface area contributed by atoms with Gasteiger partial charge in [0.25, 0.3) is 10.9 Å². The molecule has 2 N–H and O–H groups in total. The summed E-state index contributed by atoms with van der Waals surface area (Å²) in [5.41, 5.74) is 4.90. The number of hydrogen-bond donors (Lipinski definition) is 1. The highest BCUT2D eigenvalue weighted by Crippen LogP contribution is 2.22. The lowest BCUT2D eigenvalue weighted by Gasteiger charge is -2.13. The number of hydrogen-bond acceptors (Lipinski definition) is 7. The Labute approximate surface area is 141 Å². The molecule has 2 amide bonds. The predicted molar refractivity (Wildman–Crippen MR) is 85.5 cm³/mol. The first-order chi connectivity index (χ1) is 11.4. The van der Waals surface area contributed by atoms with Gasteiger partial charge in [0.05, 0.1) is 16.9 Å². The van der Waals surface area contributed by atoms with E-state index in [-0.39, 0.29) is 41.6 Å². The van der Waals surface area contributed by atoms with Gasteiger partial charge < -0.3 is 15.4 Å². The van der Waals surface area contributed by atoms with Crippen LogP contribution in [0.1, 0.15) is 22.3 Å². The van der Waals surface area contributed by atoms with Crippen molar-refractivity contribution in [2.24, 2.45) is 5.73 Å². The van der Waals surface area contributed by atoms with Crippen molar-refractivity contribution in [1.29, 1.82) is 0 Å². The third-order valence-corrected chi connectivity index (χ3v) is 4.28. The van der Waals surface area contributed by atoms with Crippen LogP contribution in [0.5, 0.6) is 0 Å². The molecule has 0 bridgehead atoms. The Kier molecular flexibility index (Phi) is 5.74. The van der Waals surface area contributed by atoms with Crippen molar-refractivity contribution >= 4 is 34.6 Å². The van der Waals surface area contributed by atoms with Crippen LogP contribution in [0.2, 0.25) is 0 Å². The minimum Gasteiger partial charge on any atom is -0.460 e. The molecule has 24 heavy (non-hydrogen) atoms. The molecule has 0 radical (unpaired) electrons. The number of primary amides is 1. The van der Waals surface area contributed by atoms with Gasteiger partial charge in [-0.3, -0.25) is 24.5 Å². The summed E-state index contributed by atoms with van der Waals surface area (Å²) < 4.78 is 5.01. The highest BCUT2D eigenvalue weighted by molar-refractivity contribution is 8.13. The van der Waals surface area contributed by atoms with Crippen LogP contribution in [-0.4, -0.2) is 45.8 Å². The second-order valence-corrected chi connectivity index (χ2v) is 6.02. The van der Waals surface area contributed by atoms with Crippen molar-refractivity contribution in [3.05, 3.63) is 39.4 Å². The number of nitrogens with zero attached hydrogens (tertiary/aromatic N) is 2. The third-order valence-electron chi connectivity index (χ3n) is 3.39. The van der Waals surface area contributed by atoms with Gasteiger partial charge in [0, 0.05) is 30.5 Å². The Morgan fingerprint density at radius 2 is 2.17 bits per heavy atom. The van der Waals surface area contributed by atoms with Gasteiger partial charge in [-0.1, -0.05) is 11.8 Å². The minimum atomic E-state index is -0.783. The number of esters is 1. The standard InChI is InChI=1S/C14H15N3O6S/c15-13(19)9-1-2-10(11(7-9)17(21)22)8-23-12(18)3-4-16-5-6-24-14(16)20/h1-2,7H,3-6,8H2,(H2,15,19). The second-order valence-electron chi connectivity index (χ2n) is 4.98. The third kappa shape index (κ3) is 4.44. The Hall–Kier alpha value is -2.62. The first-order valence-electron chi connectivity index (χ1n) is 7.03. The van der Waals surface area contributed by atoms with Crippen molar-refractivity contribution in [2.75, 3.05) is 18.8 Å². The van der Waals surface area contributed by atoms with Gasteiger partial charge in [-0.2, -0.15) is 0 Å². The smallest absolute Gasteiger partial charge is 0.307 e. The number of ether oxygens (including phenoxy) is 1. The number of nitro benzene ring substituents is 1. The molecule has 0 atom stereocenters. The molecule has 0 saturated carbocycles. The monoisotopic (exact) mass is 353 g/mol. The molecular weight excluding hydrogens is 338 g/mol. The maximum absolute atomic E-state index is 11.7. The van der Waals surface area contributed by atoms with Crippen LogP contribution in [0.25, 0.3) is 0 Å². The van der Waals surface area contributed by atoms with E-state index >= 15 is 0 Å². The lowest BCUT2D eigenvalue weighted by atomic mass is 10.1. The molecule has 1 aromatic carbocycles. The molecule has 0 unspecified atom stereocenters. The molecule has 0 aliphatic carbocycles. The molecule has 1 aliphatic rings. The van der Waals surface area contributed by atoms with Gasteiger partial charge in [0.2, 0.25) is 5.91 Å². The molecular formula is C14H15N3O6S. The Balaban J connectivity index is 1.93. The molecule has 1 fully saturated rings. The summed E-state index contributed by atoms with van der Waals surface area (Å²) in [6.45, 7) is 0.557. The van der Waals surface area contributed by atoms with Gasteiger partial charge in [0.15, 0.2) is 0 Å². The SMILES string of the molecule is NC(=O)c1ccc(COC(=O)CCN2CCSC2=O)c([N+](=O)[O-])c1.